The summed E-state index contributed by atoms with van der Waals surface area (Å²) in [4.78, 5) is 11.3. The maximum Gasteiger partial charge on any atom is 0.286 e. The lowest BCUT2D eigenvalue weighted by Crippen LogP contribution is -2.08. The van der Waals surface area contributed by atoms with E-state index in [0.29, 0.717) is 11.8 Å². The van der Waals surface area contributed by atoms with Crippen molar-refractivity contribution in [2.24, 2.45) is 0 Å². The maximum absolute atomic E-state index is 9.01. The number of hydrogen-bond donors (Lipinski definition) is 0. The number of aromatic nitrogens is 2. The molecule has 0 atom stereocenters. The van der Waals surface area contributed by atoms with Gasteiger partial charge in [0.1, 0.15) is 12.1 Å². The Morgan fingerprint density at radius 2 is 1.15 bits per heavy atom. The van der Waals surface area contributed by atoms with Crippen molar-refractivity contribution in [2.45, 2.75) is 0 Å². The summed E-state index contributed by atoms with van der Waals surface area (Å²) in [5, 5.41) is 18.0. The zero-order valence-electron chi connectivity index (χ0n) is 11.5. The standard InChI is InChI=1S/C12H12N6O2/c1-17(2)11-7(5-13)15-9(19-11)10-16-8(6-14)12(20-10)18(3)4/h1-4H3. The van der Waals surface area contributed by atoms with Crippen LogP contribution in [0.5, 0.6) is 0 Å². The van der Waals surface area contributed by atoms with Crippen LogP contribution in [0.15, 0.2) is 8.83 Å². The third kappa shape index (κ3) is 2.15. The first-order chi connectivity index (χ1) is 9.47. The van der Waals surface area contributed by atoms with Gasteiger partial charge < -0.3 is 18.6 Å². The van der Waals surface area contributed by atoms with E-state index in [4.69, 9.17) is 19.4 Å². The van der Waals surface area contributed by atoms with E-state index >= 15 is 0 Å². The Kier molecular flexibility index (Phi) is 3.32. The Balaban J connectivity index is 2.53. The zero-order valence-corrected chi connectivity index (χ0v) is 11.5. The van der Waals surface area contributed by atoms with Crippen LogP contribution in [0.3, 0.4) is 0 Å². The van der Waals surface area contributed by atoms with Gasteiger partial charge in [-0.1, -0.05) is 0 Å². The summed E-state index contributed by atoms with van der Waals surface area (Å²) in [6.07, 6.45) is 0. The fourth-order valence-corrected chi connectivity index (χ4v) is 1.56. The van der Waals surface area contributed by atoms with Gasteiger partial charge in [0, 0.05) is 28.2 Å². The van der Waals surface area contributed by atoms with E-state index in [1.165, 1.54) is 0 Å². The molecule has 0 spiro atoms. The number of nitrogens with zero attached hydrogens (tertiary/aromatic N) is 6. The van der Waals surface area contributed by atoms with Crippen LogP contribution in [0.25, 0.3) is 11.8 Å². The van der Waals surface area contributed by atoms with Crippen LogP contribution in [-0.4, -0.2) is 38.2 Å². The molecule has 0 N–H and O–H groups in total. The first-order valence-corrected chi connectivity index (χ1v) is 5.64. The van der Waals surface area contributed by atoms with Crippen molar-refractivity contribution in [3.05, 3.63) is 11.4 Å². The van der Waals surface area contributed by atoms with E-state index in [1.807, 2.05) is 12.1 Å². The van der Waals surface area contributed by atoms with E-state index in [1.54, 1.807) is 38.0 Å². The smallest absolute Gasteiger partial charge is 0.286 e. The van der Waals surface area contributed by atoms with Gasteiger partial charge in [0.05, 0.1) is 0 Å². The minimum absolute atomic E-state index is 0.0647. The highest BCUT2D eigenvalue weighted by molar-refractivity contribution is 5.57. The first-order valence-electron chi connectivity index (χ1n) is 5.64. The SMILES string of the molecule is CN(C)c1oc(-c2nc(C#N)c(N(C)C)o2)nc1C#N. The van der Waals surface area contributed by atoms with Gasteiger partial charge in [-0.3, -0.25) is 0 Å². The van der Waals surface area contributed by atoms with Crippen molar-refractivity contribution in [1.82, 2.24) is 9.97 Å². The quantitative estimate of drug-likeness (QED) is 0.820. The van der Waals surface area contributed by atoms with Crippen molar-refractivity contribution in [2.75, 3.05) is 38.0 Å². The van der Waals surface area contributed by atoms with E-state index < -0.39 is 0 Å². The Morgan fingerprint density at radius 1 is 0.800 bits per heavy atom. The molecular formula is C12H12N6O2. The molecule has 0 aliphatic rings. The van der Waals surface area contributed by atoms with Crippen molar-refractivity contribution in [1.29, 1.82) is 10.5 Å². The predicted molar refractivity (Wildman–Crippen MR) is 70.1 cm³/mol. The summed E-state index contributed by atoms with van der Waals surface area (Å²) in [5.41, 5.74) is 0.265. The van der Waals surface area contributed by atoms with Gasteiger partial charge in [0.15, 0.2) is 0 Å². The second-order valence-electron chi connectivity index (χ2n) is 4.36. The van der Waals surface area contributed by atoms with Gasteiger partial charge >= 0.3 is 0 Å². The average Bonchev–Trinajstić information content (AvgIpc) is 3.01. The molecule has 0 amide bonds. The largest absolute Gasteiger partial charge is 0.415 e. The molecule has 0 bridgehead atoms. The third-order valence-corrected chi connectivity index (χ3v) is 2.43. The summed E-state index contributed by atoms with van der Waals surface area (Å²) in [6, 6.07) is 3.87. The molecule has 8 heteroatoms. The van der Waals surface area contributed by atoms with Gasteiger partial charge in [-0.15, -0.1) is 0 Å². The third-order valence-electron chi connectivity index (χ3n) is 2.43. The van der Waals surface area contributed by atoms with Crippen LogP contribution in [0, 0.1) is 22.7 Å². The molecule has 0 saturated heterocycles. The Labute approximate surface area is 115 Å². The number of anilines is 2. The van der Waals surface area contributed by atoms with Crippen LogP contribution in [0.2, 0.25) is 0 Å². The molecule has 0 unspecified atom stereocenters. The fourth-order valence-electron chi connectivity index (χ4n) is 1.56. The maximum atomic E-state index is 9.01. The number of nitriles is 2. The number of oxazole rings is 2. The first kappa shape index (κ1) is 13.4. The normalized spacial score (nSPS) is 9.90. The summed E-state index contributed by atoms with van der Waals surface area (Å²) >= 11 is 0. The van der Waals surface area contributed by atoms with Gasteiger partial charge in [-0.05, 0) is 0 Å². The molecule has 20 heavy (non-hydrogen) atoms. The molecule has 0 aromatic carbocycles. The summed E-state index contributed by atoms with van der Waals surface area (Å²) in [5.74, 6) is 0.751. The Hall–Kier alpha value is -3.00. The second kappa shape index (κ2) is 4.94. The molecule has 102 valence electrons. The van der Waals surface area contributed by atoms with E-state index in [2.05, 4.69) is 9.97 Å². The van der Waals surface area contributed by atoms with Crippen LogP contribution in [-0.2, 0) is 0 Å². The molecule has 2 aromatic rings. The van der Waals surface area contributed by atoms with Gasteiger partial charge in [-0.2, -0.15) is 20.5 Å². The topological polar surface area (TPSA) is 106 Å². The van der Waals surface area contributed by atoms with E-state index in [-0.39, 0.29) is 23.2 Å². The molecule has 0 saturated carbocycles. The molecule has 2 aromatic heterocycles. The highest BCUT2D eigenvalue weighted by Crippen LogP contribution is 2.30. The van der Waals surface area contributed by atoms with Gasteiger partial charge in [0.2, 0.25) is 23.2 Å². The number of hydrogen-bond acceptors (Lipinski definition) is 8. The van der Waals surface area contributed by atoms with Crippen molar-refractivity contribution < 1.29 is 8.83 Å². The monoisotopic (exact) mass is 272 g/mol. The highest BCUT2D eigenvalue weighted by atomic mass is 16.4. The molecule has 0 aliphatic heterocycles. The van der Waals surface area contributed by atoms with Gasteiger partial charge in [-0.25, -0.2) is 0 Å². The minimum atomic E-state index is 0.0647. The van der Waals surface area contributed by atoms with Crippen LogP contribution in [0.4, 0.5) is 11.8 Å². The highest BCUT2D eigenvalue weighted by Gasteiger charge is 2.23. The summed E-state index contributed by atoms with van der Waals surface area (Å²) in [7, 11) is 6.92. The Bertz CT molecular complexity index is 651. The van der Waals surface area contributed by atoms with Gasteiger partial charge in [0.25, 0.3) is 11.8 Å². The summed E-state index contributed by atoms with van der Waals surface area (Å²) < 4.78 is 10.9. The Morgan fingerprint density at radius 3 is 1.35 bits per heavy atom. The van der Waals surface area contributed by atoms with Crippen molar-refractivity contribution in [3.63, 3.8) is 0 Å². The minimum Gasteiger partial charge on any atom is -0.415 e. The molecule has 0 fully saturated rings. The van der Waals surface area contributed by atoms with Crippen LogP contribution >= 0.6 is 0 Å². The number of rotatable bonds is 3. The van der Waals surface area contributed by atoms with E-state index in [9.17, 15) is 0 Å². The van der Waals surface area contributed by atoms with Crippen molar-refractivity contribution >= 4 is 11.8 Å². The lowest BCUT2D eigenvalue weighted by Gasteiger charge is -2.06. The second-order valence-corrected chi connectivity index (χ2v) is 4.36. The molecule has 0 radical (unpaired) electrons. The lowest BCUT2D eigenvalue weighted by atomic mass is 10.4. The fraction of sp³-hybridized carbons (Fsp3) is 0.333. The zero-order chi connectivity index (χ0) is 14.9. The molecular weight excluding hydrogens is 260 g/mol. The summed E-state index contributed by atoms with van der Waals surface area (Å²) in [6.45, 7) is 0. The predicted octanol–water partition coefficient (Wildman–Crippen LogP) is 1.20. The molecule has 8 nitrogen and oxygen atoms in total. The average molecular weight is 272 g/mol. The molecule has 0 aliphatic carbocycles. The lowest BCUT2D eigenvalue weighted by molar-refractivity contribution is 0.511. The van der Waals surface area contributed by atoms with E-state index in [0.717, 1.165) is 0 Å². The molecule has 2 heterocycles. The van der Waals surface area contributed by atoms with Crippen LogP contribution < -0.4 is 9.80 Å². The molecule has 2 rings (SSSR count). The van der Waals surface area contributed by atoms with Crippen molar-refractivity contribution in [3.8, 4) is 23.9 Å². The van der Waals surface area contributed by atoms with Crippen LogP contribution in [0.1, 0.15) is 11.4 Å².